The van der Waals surface area contributed by atoms with Crippen LogP contribution in [0.4, 0.5) is 0 Å². The van der Waals surface area contributed by atoms with Gasteiger partial charge in [-0.05, 0) is 94.0 Å². The van der Waals surface area contributed by atoms with E-state index in [1.807, 2.05) is 18.2 Å². The van der Waals surface area contributed by atoms with Crippen molar-refractivity contribution in [1.29, 1.82) is 10.5 Å². The smallest absolute Gasteiger partial charge is 0.0998 e. The summed E-state index contributed by atoms with van der Waals surface area (Å²) in [5, 5.41) is 25.8. The summed E-state index contributed by atoms with van der Waals surface area (Å²) in [7, 11) is 0. The van der Waals surface area contributed by atoms with Crippen molar-refractivity contribution in [2.75, 3.05) is 0 Å². The normalized spacial score (nSPS) is 11.3. The van der Waals surface area contributed by atoms with Gasteiger partial charge in [0.1, 0.15) is 0 Å². The van der Waals surface area contributed by atoms with Gasteiger partial charge in [-0.15, -0.1) is 22.7 Å². The van der Waals surface area contributed by atoms with Gasteiger partial charge >= 0.3 is 0 Å². The first-order valence-electron chi connectivity index (χ1n) is 15.7. The Kier molecular flexibility index (Phi) is 6.66. The predicted octanol–water partition coefficient (Wildman–Crippen LogP) is 12.8. The average molecular weight is 645 g/mol. The Balaban J connectivity index is 1.44. The lowest BCUT2D eigenvalue weighted by Crippen LogP contribution is -1.97. The molecule has 2 heterocycles. The highest BCUT2D eigenvalue weighted by Crippen LogP contribution is 2.48. The molecule has 0 aliphatic carbocycles. The van der Waals surface area contributed by atoms with Gasteiger partial charge in [0.25, 0.3) is 0 Å². The fourth-order valence-corrected chi connectivity index (χ4v) is 9.13. The summed E-state index contributed by atoms with van der Waals surface area (Å²) < 4.78 is 4.96. The summed E-state index contributed by atoms with van der Waals surface area (Å²) in [6.45, 7) is 0. The first kappa shape index (κ1) is 28.2. The Labute approximate surface area is 285 Å². The highest BCUT2D eigenvalue weighted by molar-refractivity contribution is 7.26. The lowest BCUT2D eigenvalue weighted by atomic mass is 9.81. The van der Waals surface area contributed by atoms with Crippen molar-refractivity contribution in [3.8, 4) is 56.6 Å². The van der Waals surface area contributed by atoms with E-state index in [0.717, 1.165) is 38.9 Å². The molecule has 9 aromatic rings. The topological polar surface area (TPSA) is 47.6 Å². The molecule has 0 spiro atoms. The maximum Gasteiger partial charge on any atom is 0.0998 e. The molecule has 222 valence electrons. The maximum atomic E-state index is 10.5. The Morgan fingerprint density at radius 2 is 0.833 bits per heavy atom. The molecule has 0 fully saturated rings. The van der Waals surface area contributed by atoms with Crippen LogP contribution in [0.3, 0.4) is 0 Å². The van der Waals surface area contributed by atoms with Crippen LogP contribution in [0.25, 0.3) is 84.9 Å². The largest absolute Gasteiger partial charge is 0.192 e. The van der Waals surface area contributed by atoms with Crippen LogP contribution in [0.15, 0.2) is 146 Å². The minimum atomic E-state index is 0.480. The van der Waals surface area contributed by atoms with E-state index in [9.17, 15) is 10.5 Å². The molecule has 0 bridgehead atoms. The van der Waals surface area contributed by atoms with Crippen molar-refractivity contribution in [3.63, 3.8) is 0 Å². The third kappa shape index (κ3) is 4.51. The molecule has 0 aliphatic rings. The van der Waals surface area contributed by atoms with E-state index in [1.54, 1.807) is 28.7 Å². The standard InChI is InChI=1S/C44H24N2S2/c45-25-30-11-8-12-31(26-46)43(30)44-35(28-17-19-41-37(21-28)33-13-4-6-15-39(33)47-41)23-32(27-9-2-1-3-10-27)24-36(44)29-18-20-42-38(22-29)34-14-5-7-16-40(34)48-42/h1-24H. The van der Waals surface area contributed by atoms with Crippen molar-refractivity contribution in [2.45, 2.75) is 0 Å². The zero-order chi connectivity index (χ0) is 32.2. The van der Waals surface area contributed by atoms with Crippen LogP contribution in [0.5, 0.6) is 0 Å². The molecule has 0 saturated carbocycles. The van der Waals surface area contributed by atoms with Gasteiger partial charge in [-0.25, -0.2) is 0 Å². The zero-order valence-corrected chi connectivity index (χ0v) is 27.2. The first-order chi connectivity index (χ1) is 23.7. The Bertz CT molecular complexity index is 2640. The summed E-state index contributed by atoms with van der Waals surface area (Å²) in [4.78, 5) is 0. The Morgan fingerprint density at radius 3 is 1.35 bits per heavy atom. The molecule has 0 radical (unpaired) electrons. The highest BCUT2D eigenvalue weighted by Gasteiger charge is 2.23. The molecular weight excluding hydrogens is 621 g/mol. The van der Waals surface area contributed by atoms with E-state index in [2.05, 4.69) is 133 Å². The van der Waals surface area contributed by atoms with Crippen LogP contribution < -0.4 is 0 Å². The minimum Gasteiger partial charge on any atom is -0.192 e. The number of fused-ring (bicyclic) bond motifs is 6. The summed E-state index contributed by atoms with van der Waals surface area (Å²) in [5.41, 5.74) is 8.74. The average Bonchev–Trinajstić information content (AvgIpc) is 3.72. The Morgan fingerprint density at radius 1 is 0.354 bits per heavy atom. The first-order valence-corrected chi connectivity index (χ1v) is 17.3. The highest BCUT2D eigenvalue weighted by atomic mass is 32.1. The van der Waals surface area contributed by atoms with Gasteiger partial charge in [-0.1, -0.05) is 84.9 Å². The summed E-state index contributed by atoms with van der Waals surface area (Å²) in [6.07, 6.45) is 0. The molecule has 2 aromatic heterocycles. The number of rotatable bonds is 4. The SMILES string of the molecule is N#Cc1cccc(C#N)c1-c1c(-c2ccc3sc4ccccc4c3c2)cc(-c2ccccc2)cc1-c1ccc2sc3ccccc3c2c1. The number of hydrogen-bond donors (Lipinski definition) is 0. The molecule has 0 unspecified atom stereocenters. The minimum absolute atomic E-state index is 0.480. The third-order valence-electron chi connectivity index (χ3n) is 9.18. The molecule has 2 nitrogen and oxygen atoms in total. The Hall–Kier alpha value is -6.04. The number of nitrogens with zero attached hydrogens (tertiary/aromatic N) is 2. The number of hydrogen-bond acceptors (Lipinski definition) is 4. The monoisotopic (exact) mass is 644 g/mol. The maximum absolute atomic E-state index is 10.5. The van der Waals surface area contributed by atoms with E-state index >= 15 is 0 Å². The second-order valence-corrected chi connectivity index (χ2v) is 14.1. The molecule has 0 atom stereocenters. The van der Waals surface area contributed by atoms with Crippen LogP contribution in [0.2, 0.25) is 0 Å². The van der Waals surface area contributed by atoms with Gasteiger partial charge < -0.3 is 0 Å². The number of benzene rings is 7. The molecule has 48 heavy (non-hydrogen) atoms. The summed E-state index contributed by atoms with van der Waals surface area (Å²) in [5.74, 6) is 0. The number of nitriles is 2. The van der Waals surface area contributed by atoms with Crippen LogP contribution in [0, 0.1) is 22.7 Å². The van der Waals surface area contributed by atoms with Gasteiger partial charge in [-0.3, -0.25) is 0 Å². The molecule has 0 aliphatic heterocycles. The van der Waals surface area contributed by atoms with E-state index in [4.69, 9.17) is 0 Å². The van der Waals surface area contributed by atoms with Crippen LogP contribution in [-0.2, 0) is 0 Å². The molecular formula is C44H24N2S2. The second kappa shape index (κ2) is 11.3. The quantitative estimate of drug-likeness (QED) is 0.191. The van der Waals surface area contributed by atoms with Crippen LogP contribution >= 0.6 is 22.7 Å². The van der Waals surface area contributed by atoms with Gasteiger partial charge in [0, 0.05) is 51.5 Å². The van der Waals surface area contributed by atoms with E-state index < -0.39 is 0 Å². The van der Waals surface area contributed by atoms with Gasteiger partial charge in [0.15, 0.2) is 0 Å². The fourth-order valence-electron chi connectivity index (χ4n) is 6.96. The van der Waals surface area contributed by atoms with Crippen molar-refractivity contribution in [3.05, 3.63) is 157 Å². The lowest BCUT2D eigenvalue weighted by Gasteiger charge is -2.21. The van der Waals surface area contributed by atoms with Gasteiger partial charge in [-0.2, -0.15) is 10.5 Å². The van der Waals surface area contributed by atoms with E-state index in [1.165, 1.54) is 40.3 Å². The van der Waals surface area contributed by atoms with Crippen molar-refractivity contribution >= 4 is 63.0 Å². The van der Waals surface area contributed by atoms with Crippen LogP contribution in [0.1, 0.15) is 11.1 Å². The molecule has 7 aromatic carbocycles. The van der Waals surface area contributed by atoms with Crippen molar-refractivity contribution in [1.82, 2.24) is 0 Å². The molecule has 4 heteroatoms. The van der Waals surface area contributed by atoms with Crippen molar-refractivity contribution < 1.29 is 0 Å². The molecule has 9 rings (SSSR count). The second-order valence-electron chi connectivity index (χ2n) is 11.9. The third-order valence-corrected chi connectivity index (χ3v) is 11.5. The zero-order valence-electron chi connectivity index (χ0n) is 25.6. The van der Waals surface area contributed by atoms with E-state index in [-0.39, 0.29) is 0 Å². The van der Waals surface area contributed by atoms with Crippen molar-refractivity contribution in [2.24, 2.45) is 0 Å². The summed E-state index contributed by atoms with van der Waals surface area (Å²) >= 11 is 3.59. The fraction of sp³-hybridized carbons (Fsp3) is 0. The molecule has 0 saturated heterocycles. The van der Waals surface area contributed by atoms with Gasteiger partial charge in [0.2, 0.25) is 0 Å². The molecule has 0 amide bonds. The van der Waals surface area contributed by atoms with E-state index in [0.29, 0.717) is 16.7 Å². The van der Waals surface area contributed by atoms with Crippen LogP contribution in [-0.4, -0.2) is 0 Å². The molecule has 0 N–H and O–H groups in total. The predicted molar refractivity (Wildman–Crippen MR) is 203 cm³/mol. The lowest BCUT2D eigenvalue weighted by molar-refractivity contribution is 1.44. The van der Waals surface area contributed by atoms with Gasteiger partial charge in [0.05, 0.1) is 23.3 Å². The summed E-state index contributed by atoms with van der Waals surface area (Å²) in [6, 6.07) is 55.6. The number of thiophene rings is 2.